The van der Waals surface area contributed by atoms with Gasteiger partial charge in [0.15, 0.2) is 0 Å². The molecule has 1 rings (SSSR count). The minimum atomic E-state index is -0.634. The Balaban J connectivity index is 3.29. The van der Waals surface area contributed by atoms with Gasteiger partial charge in [-0.05, 0) is 12.1 Å². The van der Waals surface area contributed by atoms with E-state index in [1.54, 1.807) is 12.1 Å². The monoisotopic (exact) mass is 137 g/mol. The van der Waals surface area contributed by atoms with Gasteiger partial charge in [0.2, 0.25) is 0 Å². The van der Waals surface area contributed by atoms with Crippen LogP contribution < -0.4 is 11.2 Å². The number of pyridine rings is 1. The molecule has 0 spiro atoms. The molecule has 0 aliphatic rings. The van der Waals surface area contributed by atoms with Gasteiger partial charge in [-0.2, -0.15) is 0 Å². The van der Waals surface area contributed by atoms with E-state index in [2.05, 4.69) is 0 Å². The Morgan fingerprint density at radius 3 is 2.70 bits per heavy atom. The Morgan fingerprint density at radius 2 is 2.30 bits per heavy atom. The molecular weight excluding hydrogens is 130 g/mol. The third kappa shape index (κ3) is 1.05. The zero-order valence-corrected chi connectivity index (χ0v) is 5.24. The summed E-state index contributed by atoms with van der Waals surface area (Å²) >= 11 is 0. The first-order valence-electron chi connectivity index (χ1n) is 2.74. The van der Waals surface area contributed by atoms with E-state index in [1.807, 2.05) is 0 Å². The van der Waals surface area contributed by atoms with Crippen LogP contribution in [0.4, 0.5) is 4.79 Å². The van der Waals surface area contributed by atoms with Gasteiger partial charge < -0.3 is 5.73 Å². The van der Waals surface area contributed by atoms with E-state index in [1.165, 1.54) is 12.3 Å². The van der Waals surface area contributed by atoms with Crippen molar-refractivity contribution in [2.75, 3.05) is 0 Å². The minimum Gasteiger partial charge on any atom is -0.351 e. The number of carbonyl (C=O) groups is 1. The second-order valence-electron chi connectivity index (χ2n) is 1.79. The van der Waals surface area contributed by atoms with Gasteiger partial charge in [-0.3, -0.25) is 9.98 Å². The number of nitrogens with one attached hydrogen (secondary N) is 1. The molecule has 0 atom stereocenters. The van der Waals surface area contributed by atoms with Crippen LogP contribution in [0.3, 0.4) is 0 Å². The Bertz CT molecular complexity index is 302. The molecule has 0 radical (unpaired) electrons. The summed E-state index contributed by atoms with van der Waals surface area (Å²) in [5, 5.41) is 7.16. The molecule has 0 aliphatic heterocycles. The SMILES string of the molecule is N=c1ccccn1C(N)=O. The quantitative estimate of drug-likeness (QED) is 0.514. The highest BCUT2D eigenvalue weighted by Crippen LogP contribution is 1.77. The zero-order chi connectivity index (χ0) is 7.56. The van der Waals surface area contributed by atoms with E-state index in [4.69, 9.17) is 11.1 Å². The molecule has 3 N–H and O–H groups in total. The van der Waals surface area contributed by atoms with Gasteiger partial charge in [0.1, 0.15) is 5.49 Å². The van der Waals surface area contributed by atoms with Crippen LogP contribution in [0.5, 0.6) is 0 Å². The van der Waals surface area contributed by atoms with Crippen molar-refractivity contribution in [3.05, 3.63) is 29.9 Å². The number of hydrogen-bond acceptors (Lipinski definition) is 2. The van der Waals surface area contributed by atoms with Crippen molar-refractivity contribution in [3.8, 4) is 0 Å². The smallest absolute Gasteiger partial charge is 0.324 e. The molecule has 1 amide bonds. The van der Waals surface area contributed by atoms with Crippen LogP contribution in [-0.2, 0) is 0 Å². The number of rotatable bonds is 0. The summed E-state index contributed by atoms with van der Waals surface area (Å²) in [6.45, 7) is 0. The second kappa shape index (κ2) is 2.34. The predicted molar refractivity (Wildman–Crippen MR) is 35.3 cm³/mol. The highest BCUT2D eigenvalue weighted by molar-refractivity contribution is 5.74. The maximum Gasteiger partial charge on any atom is 0.324 e. The highest BCUT2D eigenvalue weighted by atomic mass is 16.2. The maximum absolute atomic E-state index is 10.5. The van der Waals surface area contributed by atoms with Crippen molar-refractivity contribution >= 4 is 6.03 Å². The van der Waals surface area contributed by atoms with Gasteiger partial charge in [0.25, 0.3) is 0 Å². The second-order valence-corrected chi connectivity index (χ2v) is 1.79. The first kappa shape index (κ1) is 6.54. The van der Waals surface area contributed by atoms with E-state index in [0.717, 1.165) is 4.57 Å². The third-order valence-electron chi connectivity index (χ3n) is 1.10. The summed E-state index contributed by atoms with van der Waals surface area (Å²) in [4.78, 5) is 10.5. The van der Waals surface area contributed by atoms with Crippen molar-refractivity contribution in [1.82, 2.24) is 4.57 Å². The van der Waals surface area contributed by atoms with E-state index in [0.29, 0.717) is 0 Å². The number of primary amides is 1. The van der Waals surface area contributed by atoms with Crippen LogP contribution in [0.1, 0.15) is 0 Å². The Hall–Kier alpha value is -1.58. The molecule has 0 fully saturated rings. The van der Waals surface area contributed by atoms with Gasteiger partial charge in [-0.1, -0.05) is 6.07 Å². The normalized spacial score (nSPS) is 9.20. The third-order valence-corrected chi connectivity index (χ3v) is 1.10. The molecule has 0 aliphatic carbocycles. The van der Waals surface area contributed by atoms with Gasteiger partial charge in [0, 0.05) is 6.20 Å². The van der Waals surface area contributed by atoms with E-state index >= 15 is 0 Å². The number of nitrogens with zero attached hydrogens (tertiary/aromatic N) is 1. The molecule has 0 unspecified atom stereocenters. The lowest BCUT2D eigenvalue weighted by molar-refractivity contribution is 0.249. The topological polar surface area (TPSA) is 71.9 Å². The van der Waals surface area contributed by atoms with Crippen LogP contribution in [0.25, 0.3) is 0 Å². The molecule has 52 valence electrons. The molecule has 0 saturated heterocycles. The first-order valence-corrected chi connectivity index (χ1v) is 2.74. The van der Waals surface area contributed by atoms with Gasteiger partial charge >= 0.3 is 6.03 Å². The average Bonchev–Trinajstić information content (AvgIpc) is 1.88. The Labute approximate surface area is 57.4 Å². The molecule has 1 heterocycles. The molecular formula is C6H7N3O. The van der Waals surface area contributed by atoms with Crippen LogP contribution in [0.15, 0.2) is 24.4 Å². The van der Waals surface area contributed by atoms with Gasteiger partial charge in [-0.15, -0.1) is 0 Å². The largest absolute Gasteiger partial charge is 0.351 e. The van der Waals surface area contributed by atoms with Crippen molar-refractivity contribution < 1.29 is 4.79 Å². The summed E-state index contributed by atoms with van der Waals surface area (Å²) < 4.78 is 1.06. The zero-order valence-electron chi connectivity index (χ0n) is 5.24. The molecule has 1 aromatic rings. The fourth-order valence-corrected chi connectivity index (χ4v) is 0.635. The molecule has 10 heavy (non-hydrogen) atoms. The number of nitrogens with two attached hydrogens (primary N) is 1. The molecule has 0 aromatic carbocycles. The Kier molecular flexibility index (Phi) is 1.53. The van der Waals surface area contributed by atoms with E-state index in [9.17, 15) is 4.79 Å². The van der Waals surface area contributed by atoms with Gasteiger partial charge in [0.05, 0.1) is 0 Å². The summed E-state index contributed by atoms with van der Waals surface area (Å²) in [6.07, 6.45) is 1.45. The van der Waals surface area contributed by atoms with Gasteiger partial charge in [-0.25, -0.2) is 4.79 Å². The summed E-state index contributed by atoms with van der Waals surface area (Å²) in [5.41, 5.74) is 5.01. The molecule has 4 nitrogen and oxygen atoms in total. The standard InChI is InChI=1S/C6H7N3O/c7-5-3-1-2-4-9(5)6(8)10/h1-4,7H,(H2,8,10). The Morgan fingerprint density at radius 1 is 1.60 bits per heavy atom. The summed E-state index contributed by atoms with van der Waals surface area (Å²) in [7, 11) is 0. The minimum absolute atomic E-state index is 0.0926. The molecule has 0 bridgehead atoms. The van der Waals surface area contributed by atoms with E-state index < -0.39 is 6.03 Å². The fraction of sp³-hybridized carbons (Fsp3) is 0. The molecule has 4 heteroatoms. The fourth-order valence-electron chi connectivity index (χ4n) is 0.635. The predicted octanol–water partition coefficient (Wildman–Crippen LogP) is -0.106. The number of hydrogen-bond donors (Lipinski definition) is 2. The molecule has 1 aromatic heterocycles. The van der Waals surface area contributed by atoms with Crippen molar-refractivity contribution in [2.45, 2.75) is 0 Å². The van der Waals surface area contributed by atoms with Crippen molar-refractivity contribution in [3.63, 3.8) is 0 Å². The highest BCUT2D eigenvalue weighted by Gasteiger charge is 1.93. The van der Waals surface area contributed by atoms with Crippen molar-refractivity contribution in [1.29, 1.82) is 5.41 Å². The molecule has 0 saturated carbocycles. The average molecular weight is 137 g/mol. The summed E-state index contributed by atoms with van der Waals surface area (Å²) in [6, 6.07) is 4.17. The van der Waals surface area contributed by atoms with E-state index in [-0.39, 0.29) is 5.49 Å². The number of carbonyl (C=O) groups excluding carboxylic acids is 1. The maximum atomic E-state index is 10.5. The lowest BCUT2D eigenvalue weighted by atomic mass is 10.5. The first-order chi connectivity index (χ1) is 4.72. The van der Waals surface area contributed by atoms with Crippen LogP contribution >= 0.6 is 0 Å². The summed E-state index contributed by atoms with van der Waals surface area (Å²) in [5.74, 6) is 0. The number of amides is 1. The van der Waals surface area contributed by atoms with Crippen LogP contribution in [-0.4, -0.2) is 10.6 Å². The number of aromatic nitrogens is 1. The lowest BCUT2D eigenvalue weighted by Gasteiger charge is -1.97. The van der Waals surface area contributed by atoms with Crippen molar-refractivity contribution in [2.24, 2.45) is 5.73 Å². The van der Waals surface area contributed by atoms with Crippen LogP contribution in [0.2, 0.25) is 0 Å². The van der Waals surface area contributed by atoms with Crippen LogP contribution in [0, 0.1) is 5.41 Å². The lowest BCUT2D eigenvalue weighted by Crippen LogP contribution is -2.30.